The molecular formula is C22H32O5. The SMILES string of the molecule is COC(=O)C1CCC2C3CC4(CC4)C(=O)C(C)(CCC(=O)O)C3CCC12C. The predicted molar refractivity (Wildman–Crippen MR) is 98.8 cm³/mol. The molecule has 4 aliphatic rings. The molecule has 6 unspecified atom stereocenters. The summed E-state index contributed by atoms with van der Waals surface area (Å²) < 4.78 is 5.10. The first kappa shape index (κ1) is 18.9. The zero-order valence-electron chi connectivity index (χ0n) is 16.8. The van der Waals surface area contributed by atoms with E-state index in [0.717, 1.165) is 44.9 Å². The number of carboxylic acid groups (broad SMARTS) is 1. The Bertz CT molecular complexity index is 680. The van der Waals surface area contributed by atoms with Crippen molar-refractivity contribution in [2.75, 3.05) is 7.11 Å². The van der Waals surface area contributed by atoms with Crippen LogP contribution in [0.5, 0.6) is 0 Å². The Hall–Kier alpha value is -1.39. The van der Waals surface area contributed by atoms with Gasteiger partial charge in [-0.1, -0.05) is 13.8 Å². The maximum atomic E-state index is 13.4. The van der Waals surface area contributed by atoms with Gasteiger partial charge >= 0.3 is 11.9 Å². The maximum Gasteiger partial charge on any atom is 0.309 e. The first-order valence-corrected chi connectivity index (χ1v) is 10.5. The summed E-state index contributed by atoms with van der Waals surface area (Å²) in [5.41, 5.74) is -0.767. The molecule has 0 aromatic carbocycles. The third-order valence-electron chi connectivity index (χ3n) is 9.08. The molecule has 0 aromatic rings. The lowest BCUT2D eigenvalue weighted by atomic mass is 9.46. The molecule has 0 saturated heterocycles. The van der Waals surface area contributed by atoms with Crippen LogP contribution in [0.2, 0.25) is 0 Å². The van der Waals surface area contributed by atoms with E-state index in [0.29, 0.717) is 24.0 Å². The van der Waals surface area contributed by atoms with Crippen molar-refractivity contribution in [2.45, 2.75) is 71.6 Å². The minimum Gasteiger partial charge on any atom is -0.481 e. The van der Waals surface area contributed by atoms with Gasteiger partial charge in [0.25, 0.3) is 0 Å². The van der Waals surface area contributed by atoms with Crippen LogP contribution in [0.25, 0.3) is 0 Å². The Kier molecular flexibility index (Phi) is 4.25. The molecule has 0 radical (unpaired) electrons. The van der Waals surface area contributed by atoms with Crippen LogP contribution in [0.15, 0.2) is 0 Å². The Morgan fingerprint density at radius 3 is 2.41 bits per heavy atom. The number of ketones is 1. The molecule has 4 fully saturated rings. The molecule has 0 amide bonds. The third-order valence-corrected chi connectivity index (χ3v) is 9.08. The van der Waals surface area contributed by atoms with Gasteiger partial charge in [0.1, 0.15) is 5.78 Å². The number of esters is 1. The second-order valence-electron chi connectivity index (χ2n) is 10.2. The average molecular weight is 376 g/mol. The standard InChI is InChI=1S/C22H32O5/c1-20-8-6-15-13(14(20)4-5-16(20)18(25)27-3)12-22(10-11-22)19(26)21(15,2)9-7-17(23)24/h13-16H,4-12H2,1-3H3,(H,23,24). The van der Waals surface area contributed by atoms with Crippen LogP contribution in [-0.2, 0) is 19.1 Å². The Labute approximate surface area is 161 Å². The smallest absolute Gasteiger partial charge is 0.309 e. The summed E-state index contributed by atoms with van der Waals surface area (Å²) in [6.45, 7) is 4.30. The monoisotopic (exact) mass is 376 g/mol. The van der Waals surface area contributed by atoms with Crippen molar-refractivity contribution in [1.29, 1.82) is 0 Å². The molecule has 0 aliphatic heterocycles. The highest BCUT2D eigenvalue weighted by Crippen LogP contribution is 2.70. The fraction of sp³-hybridized carbons (Fsp3) is 0.864. The van der Waals surface area contributed by atoms with Gasteiger partial charge in [-0.15, -0.1) is 0 Å². The zero-order chi connectivity index (χ0) is 19.6. The Morgan fingerprint density at radius 2 is 1.81 bits per heavy atom. The molecule has 27 heavy (non-hydrogen) atoms. The number of methoxy groups -OCH3 is 1. The van der Waals surface area contributed by atoms with Crippen molar-refractivity contribution in [1.82, 2.24) is 0 Å². The molecule has 150 valence electrons. The Balaban J connectivity index is 1.67. The summed E-state index contributed by atoms with van der Waals surface area (Å²) in [5.74, 6) is 0.524. The minimum absolute atomic E-state index is 0.0356. The third kappa shape index (κ3) is 2.60. The van der Waals surface area contributed by atoms with Gasteiger partial charge in [-0.2, -0.15) is 0 Å². The number of ether oxygens (including phenoxy) is 1. The first-order chi connectivity index (χ1) is 12.7. The van der Waals surface area contributed by atoms with Crippen LogP contribution in [0.4, 0.5) is 0 Å². The quantitative estimate of drug-likeness (QED) is 0.754. The summed E-state index contributed by atoms with van der Waals surface area (Å²) in [6, 6.07) is 0. The second-order valence-corrected chi connectivity index (χ2v) is 10.2. The molecule has 0 bridgehead atoms. The number of carboxylic acids is 1. The number of carbonyl (C=O) groups is 3. The van der Waals surface area contributed by atoms with Crippen LogP contribution < -0.4 is 0 Å². The van der Waals surface area contributed by atoms with Crippen LogP contribution in [-0.4, -0.2) is 29.9 Å². The highest BCUT2D eigenvalue weighted by molar-refractivity contribution is 5.93. The molecule has 5 nitrogen and oxygen atoms in total. The summed E-state index contributed by atoms with van der Waals surface area (Å²) in [7, 11) is 1.48. The molecular weight excluding hydrogens is 344 g/mol. The van der Waals surface area contributed by atoms with E-state index in [4.69, 9.17) is 4.74 Å². The molecule has 6 atom stereocenters. The normalized spacial score (nSPS) is 44.5. The van der Waals surface area contributed by atoms with E-state index in [1.54, 1.807) is 0 Å². The highest BCUT2D eigenvalue weighted by atomic mass is 16.5. The van der Waals surface area contributed by atoms with Crippen LogP contribution in [0.1, 0.15) is 71.6 Å². The second kappa shape index (κ2) is 6.05. The van der Waals surface area contributed by atoms with Gasteiger partial charge in [-0.25, -0.2) is 0 Å². The van der Waals surface area contributed by atoms with Crippen LogP contribution in [0, 0.1) is 39.9 Å². The lowest BCUT2D eigenvalue weighted by molar-refractivity contribution is -0.163. The molecule has 1 N–H and O–H groups in total. The molecule has 4 aliphatic carbocycles. The predicted octanol–water partition coefficient (Wildman–Crippen LogP) is 3.84. The zero-order valence-corrected chi connectivity index (χ0v) is 16.8. The molecule has 4 saturated carbocycles. The van der Waals surface area contributed by atoms with Crippen molar-refractivity contribution in [3.8, 4) is 0 Å². The van der Waals surface area contributed by atoms with Gasteiger partial charge in [-0.05, 0) is 74.5 Å². The first-order valence-electron chi connectivity index (χ1n) is 10.5. The van der Waals surface area contributed by atoms with E-state index in [9.17, 15) is 19.5 Å². The van der Waals surface area contributed by atoms with Crippen LogP contribution >= 0.6 is 0 Å². The molecule has 1 spiro atoms. The molecule has 4 rings (SSSR count). The molecule has 0 heterocycles. The number of aliphatic carboxylic acids is 1. The van der Waals surface area contributed by atoms with Gasteiger partial charge in [0.05, 0.1) is 13.0 Å². The molecule has 5 heteroatoms. The molecule has 0 aromatic heterocycles. The highest BCUT2D eigenvalue weighted by Gasteiger charge is 2.68. The average Bonchev–Trinajstić information content (AvgIpc) is 3.31. The van der Waals surface area contributed by atoms with E-state index in [2.05, 4.69) is 6.92 Å². The number of carbonyl (C=O) groups excluding carboxylic acids is 2. The van der Waals surface area contributed by atoms with Gasteiger partial charge in [-0.3, -0.25) is 14.4 Å². The summed E-state index contributed by atoms with van der Waals surface area (Å²) >= 11 is 0. The summed E-state index contributed by atoms with van der Waals surface area (Å²) in [5, 5.41) is 9.24. The Morgan fingerprint density at radius 1 is 1.11 bits per heavy atom. The van der Waals surface area contributed by atoms with Crippen molar-refractivity contribution in [3.05, 3.63) is 0 Å². The van der Waals surface area contributed by atoms with Crippen molar-refractivity contribution >= 4 is 17.7 Å². The van der Waals surface area contributed by atoms with E-state index < -0.39 is 11.4 Å². The van der Waals surface area contributed by atoms with Crippen molar-refractivity contribution in [2.24, 2.45) is 39.9 Å². The van der Waals surface area contributed by atoms with Gasteiger partial charge in [0.15, 0.2) is 0 Å². The number of hydrogen-bond acceptors (Lipinski definition) is 4. The van der Waals surface area contributed by atoms with Gasteiger partial charge in [0.2, 0.25) is 0 Å². The maximum absolute atomic E-state index is 13.4. The minimum atomic E-state index is -0.816. The number of Topliss-reactive ketones (excluding diaryl/α,β-unsaturated/α-hetero) is 1. The van der Waals surface area contributed by atoms with E-state index >= 15 is 0 Å². The number of rotatable bonds is 4. The summed E-state index contributed by atoms with van der Waals surface area (Å²) in [4.78, 5) is 37.1. The lowest BCUT2D eigenvalue weighted by Gasteiger charge is -2.57. The van der Waals surface area contributed by atoms with E-state index in [1.165, 1.54) is 7.11 Å². The largest absolute Gasteiger partial charge is 0.481 e. The fourth-order valence-corrected chi connectivity index (χ4v) is 7.46. The number of hydrogen-bond donors (Lipinski definition) is 1. The fourth-order valence-electron chi connectivity index (χ4n) is 7.46. The van der Waals surface area contributed by atoms with Crippen molar-refractivity contribution in [3.63, 3.8) is 0 Å². The number of fused-ring (bicyclic) bond motifs is 3. The summed E-state index contributed by atoms with van der Waals surface area (Å²) in [6.07, 6.45) is 7.14. The van der Waals surface area contributed by atoms with Crippen LogP contribution in [0.3, 0.4) is 0 Å². The topological polar surface area (TPSA) is 80.7 Å². The lowest BCUT2D eigenvalue weighted by Crippen LogP contribution is -2.56. The van der Waals surface area contributed by atoms with E-state index in [1.807, 2.05) is 6.92 Å². The van der Waals surface area contributed by atoms with Gasteiger partial charge < -0.3 is 9.84 Å². The van der Waals surface area contributed by atoms with E-state index in [-0.39, 0.29) is 35.1 Å². The van der Waals surface area contributed by atoms with Crippen molar-refractivity contribution < 1.29 is 24.2 Å². The van der Waals surface area contributed by atoms with Gasteiger partial charge in [0, 0.05) is 17.3 Å².